The highest BCUT2D eigenvalue weighted by molar-refractivity contribution is 7.86. The summed E-state index contributed by atoms with van der Waals surface area (Å²) in [6.45, 7) is 8.11. The molecular formula is C11H22N2O5S. The van der Waals surface area contributed by atoms with Crippen LogP contribution in [0.1, 0.15) is 19.8 Å². The van der Waals surface area contributed by atoms with Crippen LogP contribution in [0.5, 0.6) is 0 Å². The van der Waals surface area contributed by atoms with Crippen LogP contribution in [-0.4, -0.2) is 33.1 Å². The molecule has 8 heteroatoms. The van der Waals surface area contributed by atoms with Crippen LogP contribution in [0.4, 0.5) is 0 Å². The summed E-state index contributed by atoms with van der Waals surface area (Å²) >= 11 is 0. The molecule has 112 valence electrons. The number of unbranched alkanes of at least 4 members (excludes halogenated alkanes) is 1. The fourth-order valence-corrected chi connectivity index (χ4v) is 1.21. The van der Waals surface area contributed by atoms with Crippen molar-refractivity contribution in [3.8, 4) is 0 Å². The lowest BCUT2D eigenvalue weighted by atomic mass is 10.4. The molecule has 0 rings (SSSR count). The van der Waals surface area contributed by atoms with Crippen molar-refractivity contribution in [3.05, 3.63) is 25.3 Å². The van der Waals surface area contributed by atoms with Crippen molar-refractivity contribution in [1.29, 1.82) is 0 Å². The van der Waals surface area contributed by atoms with Gasteiger partial charge in [-0.1, -0.05) is 26.5 Å². The molecule has 0 saturated carbocycles. The highest BCUT2D eigenvalue weighted by Gasteiger charge is 2.05. The summed E-state index contributed by atoms with van der Waals surface area (Å²) in [6.07, 6.45) is 3.67. The minimum absolute atomic E-state index is 0.139. The van der Waals surface area contributed by atoms with Crippen LogP contribution in [0.25, 0.3) is 0 Å². The molecule has 0 atom stereocenters. The van der Waals surface area contributed by atoms with Gasteiger partial charge in [-0.15, -0.1) is 0 Å². The Morgan fingerprint density at radius 3 is 1.63 bits per heavy atom. The predicted molar refractivity (Wildman–Crippen MR) is 74.5 cm³/mol. The number of nitrogens with two attached hydrogens (primary N) is 2. The van der Waals surface area contributed by atoms with Gasteiger partial charge in [-0.2, -0.15) is 8.42 Å². The molecule has 0 aliphatic carbocycles. The van der Waals surface area contributed by atoms with Gasteiger partial charge in [0.1, 0.15) is 0 Å². The van der Waals surface area contributed by atoms with E-state index in [-0.39, 0.29) is 5.75 Å². The highest BCUT2D eigenvalue weighted by Crippen LogP contribution is 1.95. The molecule has 0 fully saturated rings. The quantitative estimate of drug-likeness (QED) is 0.529. The van der Waals surface area contributed by atoms with E-state index in [4.69, 9.17) is 0 Å². The van der Waals surface area contributed by atoms with Crippen LogP contribution in [0, 0.1) is 0 Å². The van der Waals surface area contributed by atoms with Gasteiger partial charge in [0.15, 0.2) is 0 Å². The van der Waals surface area contributed by atoms with Gasteiger partial charge in [0.05, 0.1) is 12.9 Å². The van der Waals surface area contributed by atoms with Crippen molar-refractivity contribution in [2.24, 2.45) is 11.5 Å². The standard InChI is InChI=1S/C5H12O3S.2C3H5NO/c1-3-4-5-9(6,7)8-2;2*1-2-3(4)5/h3-5H2,1-2H3;2*2H,1H2,(H2,4,5). The minimum Gasteiger partial charge on any atom is -0.366 e. The fourth-order valence-electron chi connectivity index (χ4n) is 0.404. The van der Waals surface area contributed by atoms with Crippen LogP contribution in [-0.2, 0) is 23.9 Å². The Morgan fingerprint density at radius 1 is 1.16 bits per heavy atom. The maximum Gasteiger partial charge on any atom is 0.267 e. The van der Waals surface area contributed by atoms with Crippen LogP contribution in [0.2, 0.25) is 0 Å². The summed E-state index contributed by atoms with van der Waals surface area (Å²) < 4.78 is 25.3. The Morgan fingerprint density at radius 2 is 1.47 bits per heavy atom. The first-order chi connectivity index (χ1) is 8.66. The molecule has 0 aromatic rings. The topological polar surface area (TPSA) is 130 Å². The zero-order chi connectivity index (χ0) is 15.9. The van der Waals surface area contributed by atoms with Crippen molar-refractivity contribution >= 4 is 21.9 Å². The average molecular weight is 294 g/mol. The first kappa shape index (κ1) is 22.5. The number of carbonyl (C=O) groups is 2. The SMILES string of the molecule is C=CC(N)=O.C=CC(N)=O.CCCCS(=O)(=O)OC. The molecule has 2 amide bonds. The van der Waals surface area contributed by atoms with E-state index < -0.39 is 21.9 Å². The van der Waals surface area contributed by atoms with Crippen LogP contribution in [0.3, 0.4) is 0 Å². The number of hydrogen-bond donors (Lipinski definition) is 2. The highest BCUT2D eigenvalue weighted by atomic mass is 32.2. The Balaban J connectivity index is -0.000000219. The smallest absolute Gasteiger partial charge is 0.267 e. The maximum absolute atomic E-state index is 10.5. The molecule has 7 nitrogen and oxygen atoms in total. The third-order valence-electron chi connectivity index (χ3n) is 1.40. The maximum atomic E-state index is 10.5. The van der Waals surface area contributed by atoms with Gasteiger partial charge in [-0.3, -0.25) is 13.8 Å². The summed E-state index contributed by atoms with van der Waals surface area (Å²) in [5.41, 5.74) is 9.07. The number of rotatable bonds is 6. The normalized spacial score (nSPS) is 8.95. The molecule has 0 saturated heterocycles. The van der Waals surface area contributed by atoms with Gasteiger partial charge in [0, 0.05) is 0 Å². The monoisotopic (exact) mass is 294 g/mol. The van der Waals surface area contributed by atoms with Crippen LogP contribution < -0.4 is 11.5 Å². The number of amides is 2. The Bertz CT molecular complexity index is 359. The molecule has 0 spiro atoms. The van der Waals surface area contributed by atoms with Gasteiger partial charge >= 0.3 is 0 Å². The van der Waals surface area contributed by atoms with Crippen LogP contribution >= 0.6 is 0 Å². The summed E-state index contributed by atoms with van der Waals surface area (Å²) in [4.78, 5) is 18.9. The molecule has 4 N–H and O–H groups in total. The summed E-state index contributed by atoms with van der Waals surface area (Å²) in [5.74, 6) is -0.824. The van der Waals surface area contributed by atoms with Gasteiger partial charge < -0.3 is 11.5 Å². The van der Waals surface area contributed by atoms with E-state index >= 15 is 0 Å². The van der Waals surface area contributed by atoms with E-state index in [9.17, 15) is 18.0 Å². The Hall–Kier alpha value is -1.67. The summed E-state index contributed by atoms with van der Waals surface area (Å²) in [6, 6.07) is 0. The molecule has 0 aromatic heterocycles. The molecule has 0 unspecified atom stereocenters. The third-order valence-corrected chi connectivity index (χ3v) is 2.70. The second-order valence-electron chi connectivity index (χ2n) is 3.00. The van der Waals surface area contributed by atoms with E-state index in [1.54, 1.807) is 0 Å². The zero-order valence-electron chi connectivity index (χ0n) is 11.3. The number of carbonyl (C=O) groups excluding carboxylic acids is 2. The largest absolute Gasteiger partial charge is 0.366 e. The molecule has 0 aliphatic rings. The van der Waals surface area contributed by atoms with Crippen molar-refractivity contribution in [2.45, 2.75) is 19.8 Å². The molecule has 0 radical (unpaired) electrons. The second-order valence-corrected chi connectivity index (χ2v) is 4.85. The lowest BCUT2D eigenvalue weighted by Crippen LogP contribution is -2.06. The molecule has 0 aromatic carbocycles. The summed E-state index contributed by atoms with van der Waals surface area (Å²) in [5, 5.41) is 0. The first-order valence-electron chi connectivity index (χ1n) is 5.28. The Kier molecular flexibility index (Phi) is 17.0. The van der Waals surface area contributed by atoms with Crippen molar-refractivity contribution in [2.75, 3.05) is 12.9 Å². The van der Waals surface area contributed by atoms with E-state index in [0.29, 0.717) is 6.42 Å². The molecule has 19 heavy (non-hydrogen) atoms. The predicted octanol–water partition coefficient (Wildman–Crippen LogP) is 0.0781. The average Bonchev–Trinajstić information content (AvgIpc) is 2.37. The van der Waals surface area contributed by atoms with Crippen molar-refractivity contribution in [1.82, 2.24) is 0 Å². The third kappa shape index (κ3) is 31.4. The number of hydrogen-bond acceptors (Lipinski definition) is 5. The van der Waals surface area contributed by atoms with E-state index in [1.807, 2.05) is 6.92 Å². The van der Waals surface area contributed by atoms with Crippen LogP contribution in [0.15, 0.2) is 25.3 Å². The molecule has 0 aliphatic heterocycles. The Labute approximate surface area is 114 Å². The van der Waals surface area contributed by atoms with E-state index in [0.717, 1.165) is 18.6 Å². The molecular weight excluding hydrogens is 272 g/mol. The molecule has 0 heterocycles. The zero-order valence-corrected chi connectivity index (χ0v) is 12.1. The second kappa shape index (κ2) is 14.4. The number of primary amides is 2. The lowest BCUT2D eigenvalue weighted by Gasteiger charge is -1.96. The van der Waals surface area contributed by atoms with Gasteiger partial charge in [0.2, 0.25) is 11.8 Å². The van der Waals surface area contributed by atoms with Gasteiger partial charge in [-0.05, 0) is 18.6 Å². The van der Waals surface area contributed by atoms with Gasteiger partial charge in [-0.25, -0.2) is 0 Å². The van der Waals surface area contributed by atoms with Crippen molar-refractivity contribution in [3.63, 3.8) is 0 Å². The first-order valence-corrected chi connectivity index (χ1v) is 6.86. The van der Waals surface area contributed by atoms with E-state index in [2.05, 4.69) is 28.8 Å². The van der Waals surface area contributed by atoms with E-state index in [1.165, 1.54) is 7.11 Å². The lowest BCUT2D eigenvalue weighted by molar-refractivity contribution is -0.114. The minimum atomic E-state index is -3.18. The van der Waals surface area contributed by atoms with Gasteiger partial charge in [0.25, 0.3) is 10.1 Å². The fraction of sp³-hybridized carbons (Fsp3) is 0.455. The van der Waals surface area contributed by atoms with Crippen molar-refractivity contribution < 1.29 is 22.2 Å². The summed E-state index contributed by atoms with van der Waals surface area (Å²) in [7, 11) is -2.00. The molecule has 0 bridgehead atoms.